The molecule has 1 heterocycles. The highest BCUT2D eigenvalue weighted by Crippen LogP contribution is 2.14. The average Bonchev–Trinajstić information content (AvgIpc) is 2.57. The lowest BCUT2D eigenvalue weighted by atomic mass is 10.1. The predicted molar refractivity (Wildman–Crippen MR) is 54.9 cm³/mol. The summed E-state index contributed by atoms with van der Waals surface area (Å²) < 4.78 is 1.90. The zero-order chi connectivity index (χ0) is 10.6. The van der Waals surface area contributed by atoms with E-state index in [-0.39, 0.29) is 6.61 Å². The Morgan fingerprint density at radius 1 is 1.43 bits per heavy atom. The van der Waals surface area contributed by atoms with Crippen molar-refractivity contribution in [3.63, 3.8) is 0 Å². The third-order valence-electron chi connectivity index (χ3n) is 2.28. The fourth-order valence-electron chi connectivity index (χ4n) is 1.49. The van der Waals surface area contributed by atoms with Gasteiger partial charge in [-0.3, -0.25) is 0 Å². The summed E-state index contributed by atoms with van der Waals surface area (Å²) in [5.74, 6) is 0. The van der Waals surface area contributed by atoms with Crippen molar-refractivity contribution in [3.05, 3.63) is 11.4 Å². The van der Waals surface area contributed by atoms with E-state index in [1.807, 2.05) is 4.68 Å². The summed E-state index contributed by atoms with van der Waals surface area (Å²) in [5, 5.41) is 17.1. The number of hydrogen-bond donors (Lipinski definition) is 1. The lowest BCUT2D eigenvalue weighted by Crippen LogP contribution is -2.08. The highest BCUT2D eigenvalue weighted by atomic mass is 16.3. The van der Waals surface area contributed by atoms with Crippen molar-refractivity contribution in [1.29, 1.82) is 0 Å². The summed E-state index contributed by atoms with van der Waals surface area (Å²) in [4.78, 5) is 0. The SMILES string of the molecule is CCCCc1c(CO)nnn1C(C)C. The van der Waals surface area contributed by atoms with E-state index in [2.05, 4.69) is 31.1 Å². The smallest absolute Gasteiger partial charge is 0.111 e. The maximum absolute atomic E-state index is 9.10. The number of aromatic nitrogens is 3. The highest BCUT2D eigenvalue weighted by Gasteiger charge is 2.13. The highest BCUT2D eigenvalue weighted by molar-refractivity contribution is 5.09. The van der Waals surface area contributed by atoms with Gasteiger partial charge in [-0.25, -0.2) is 4.68 Å². The predicted octanol–water partition coefficient (Wildman–Crippen LogP) is 1.69. The van der Waals surface area contributed by atoms with E-state index in [9.17, 15) is 0 Å². The molecule has 0 spiro atoms. The van der Waals surface area contributed by atoms with E-state index < -0.39 is 0 Å². The summed E-state index contributed by atoms with van der Waals surface area (Å²) in [6, 6.07) is 0.314. The van der Waals surface area contributed by atoms with Gasteiger partial charge in [0.15, 0.2) is 0 Å². The van der Waals surface area contributed by atoms with E-state index in [1.165, 1.54) is 0 Å². The molecule has 1 aromatic heterocycles. The lowest BCUT2D eigenvalue weighted by Gasteiger charge is -2.09. The fraction of sp³-hybridized carbons (Fsp3) is 0.800. The van der Waals surface area contributed by atoms with Gasteiger partial charge in [0.25, 0.3) is 0 Å². The Kier molecular flexibility index (Phi) is 4.07. The summed E-state index contributed by atoms with van der Waals surface area (Å²) in [5.41, 5.74) is 1.82. The summed E-state index contributed by atoms with van der Waals surface area (Å²) >= 11 is 0. The Balaban J connectivity index is 2.88. The van der Waals surface area contributed by atoms with Crippen molar-refractivity contribution in [2.24, 2.45) is 0 Å². The molecule has 1 N–H and O–H groups in total. The van der Waals surface area contributed by atoms with Gasteiger partial charge in [0.05, 0.1) is 12.3 Å². The van der Waals surface area contributed by atoms with Crippen LogP contribution in [0.5, 0.6) is 0 Å². The standard InChI is InChI=1S/C10H19N3O/c1-4-5-6-10-9(7-14)11-12-13(10)8(2)3/h8,14H,4-7H2,1-3H3. The van der Waals surface area contributed by atoms with Crippen LogP contribution in [0.2, 0.25) is 0 Å². The second-order valence-corrected chi connectivity index (χ2v) is 3.78. The molecule has 0 saturated heterocycles. The molecule has 0 aromatic carbocycles. The third kappa shape index (κ3) is 2.32. The Hall–Kier alpha value is -0.900. The minimum atomic E-state index is -0.00817. The monoisotopic (exact) mass is 197 g/mol. The topological polar surface area (TPSA) is 50.9 Å². The Morgan fingerprint density at radius 3 is 2.64 bits per heavy atom. The molecule has 0 saturated carbocycles. The lowest BCUT2D eigenvalue weighted by molar-refractivity contribution is 0.275. The molecular weight excluding hydrogens is 178 g/mol. The first-order chi connectivity index (χ1) is 6.70. The van der Waals surface area contributed by atoms with Gasteiger partial charge in [-0.05, 0) is 26.7 Å². The Labute approximate surface area is 84.9 Å². The normalized spacial score (nSPS) is 11.2. The van der Waals surface area contributed by atoms with Crippen molar-refractivity contribution in [3.8, 4) is 0 Å². The maximum Gasteiger partial charge on any atom is 0.111 e. The number of nitrogens with zero attached hydrogens (tertiary/aromatic N) is 3. The molecule has 0 aliphatic rings. The zero-order valence-electron chi connectivity index (χ0n) is 9.19. The molecule has 14 heavy (non-hydrogen) atoms. The van der Waals surface area contributed by atoms with E-state index in [1.54, 1.807) is 0 Å². The molecule has 0 atom stereocenters. The summed E-state index contributed by atoms with van der Waals surface area (Å²) in [6.07, 6.45) is 3.22. The quantitative estimate of drug-likeness (QED) is 0.781. The number of aliphatic hydroxyl groups excluding tert-OH is 1. The van der Waals surface area contributed by atoms with Crippen LogP contribution in [-0.4, -0.2) is 20.1 Å². The van der Waals surface area contributed by atoms with Crippen LogP contribution in [0.25, 0.3) is 0 Å². The van der Waals surface area contributed by atoms with Crippen molar-refractivity contribution < 1.29 is 5.11 Å². The molecule has 0 aliphatic carbocycles. The maximum atomic E-state index is 9.10. The first-order valence-corrected chi connectivity index (χ1v) is 5.24. The minimum Gasteiger partial charge on any atom is -0.390 e. The Bertz CT molecular complexity index is 281. The largest absolute Gasteiger partial charge is 0.390 e. The van der Waals surface area contributed by atoms with Gasteiger partial charge in [0, 0.05) is 6.04 Å². The van der Waals surface area contributed by atoms with Gasteiger partial charge in [0.2, 0.25) is 0 Å². The van der Waals surface area contributed by atoms with Crippen LogP contribution in [0.3, 0.4) is 0 Å². The van der Waals surface area contributed by atoms with Crippen LogP contribution < -0.4 is 0 Å². The second kappa shape index (κ2) is 5.10. The molecule has 0 amide bonds. The number of unbranched alkanes of at least 4 members (excludes halogenated alkanes) is 1. The van der Waals surface area contributed by atoms with Gasteiger partial charge in [-0.2, -0.15) is 0 Å². The van der Waals surface area contributed by atoms with Crippen molar-refractivity contribution in [1.82, 2.24) is 15.0 Å². The second-order valence-electron chi connectivity index (χ2n) is 3.78. The van der Waals surface area contributed by atoms with Crippen molar-refractivity contribution >= 4 is 0 Å². The van der Waals surface area contributed by atoms with E-state index in [0.29, 0.717) is 6.04 Å². The van der Waals surface area contributed by atoms with Crippen LogP contribution in [0, 0.1) is 0 Å². The van der Waals surface area contributed by atoms with Crippen LogP contribution in [0.15, 0.2) is 0 Å². The number of rotatable bonds is 5. The zero-order valence-corrected chi connectivity index (χ0v) is 9.19. The minimum absolute atomic E-state index is 0.00817. The van der Waals surface area contributed by atoms with E-state index in [4.69, 9.17) is 5.11 Å². The van der Waals surface area contributed by atoms with Crippen LogP contribution in [0.4, 0.5) is 0 Å². The molecule has 4 nitrogen and oxygen atoms in total. The van der Waals surface area contributed by atoms with E-state index >= 15 is 0 Å². The third-order valence-corrected chi connectivity index (χ3v) is 2.28. The average molecular weight is 197 g/mol. The van der Waals surface area contributed by atoms with E-state index in [0.717, 1.165) is 30.7 Å². The molecule has 4 heteroatoms. The van der Waals surface area contributed by atoms with Crippen LogP contribution >= 0.6 is 0 Å². The van der Waals surface area contributed by atoms with Gasteiger partial charge in [-0.1, -0.05) is 18.6 Å². The number of hydrogen-bond acceptors (Lipinski definition) is 3. The molecule has 1 aromatic rings. The molecule has 80 valence electrons. The fourth-order valence-corrected chi connectivity index (χ4v) is 1.49. The summed E-state index contributed by atoms with van der Waals surface area (Å²) in [7, 11) is 0. The van der Waals surface area contributed by atoms with Crippen molar-refractivity contribution in [2.45, 2.75) is 52.7 Å². The first-order valence-electron chi connectivity index (χ1n) is 5.24. The molecule has 0 unspecified atom stereocenters. The van der Waals surface area contributed by atoms with Crippen LogP contribution in [-0.2, 0) is 13.0 Å². The first kappa shape index (κ1) is 11.2. The van der Waals surface area contributed by atoms with Gasteiger partial charge < -0.3 is 5.11 Å². The molecule has 0 radical (unpaired) electrons. The van der Waals surface area contributed by atoms with Gasteiger partial charge in [-0.15, -0.1) is 5.10 Å². The molecular formula is C10H19N3O. The van der Waals surface area contributed by atoms with Crippen LogP contribution in [0.1, 0.15) is 51.0 Å². The molecule has 0 bridgehead atoms. The Morgan fingerprint density at radius 2 is 2.14 bits per heavy atom. The molecule has 0 aliphatic heterocycles. The molecule has 0 fully saturated rings. The van der Waals surface area contributed by atoms with Gasteiger partial charge in [0.1, 0.15) is 5.69 Å². The van der Waals surface area contributed by atoms with Gasteiger partial charge >= 0.3 is 0 Å². The van der Waals surface area contributed by atoms with Crippen molar-refractivity contribution in [2.75, 3.05) is 0 Å². The number of aliphatic hydroxyl groups is 1. The molecule has 1 rings (SSSR count). The summed E-state index contributed by atoms with van der Waals surface area (Å²) in [6.45, 7) is 6.30.